The van der Waals surface area contributed by atoms with E-state index < -0.39 is 0 Å². The summed E-state index contributed by atoms with van der Waals surface area (Å²) < 4.78 is 0. The molecule has 0 fully saturated rings. The summed E-state index contributed by atoms with van der Waals surface area (Å²) in [5.41, 5.74) is 22.2. The summed E-state index contributed by atoms with van der Waals surface area (Å²) in [5.74, 6) is 4.73. The largest absolute Gasteiger partial charge is 0.502 e. The summed E-state index contributed by atoms with van der Waals surface area (Å²) in [7, 11) is 10.2. The molecule has 553 valence electrons. The van der Waals surface area contributed by atoms with Crippen LogP contribution in [0, 0.1) is 91.4 Å². The van der Waals surface area contributed by atoms with Gasteiger partial charge in [-0.05, 0) is 120 Å². The molecule has 5 aromatic heterocycles. The van der Waals surface area contributed by atoms with E-state index in [0.717, 1.165) is 97.2 Å². The summed E-state index contributed by atoms with van der Waals surface area (Å²) in [5, 5.41) is 0. The van der Waals surface area contributed by atoms with E-state index in [2.05, 4.69) is 273 Å². The van der Waals surface area contributed by atoms with Gasteiger partial charge >= 0.3 is 0 Å². The van der Waals surface area contributed by atoms with Crippen LogP contribution in [0.15, 0.2) is 261 Å². The average molecular weight is 2290 g/mol. The maximum atomic E-state index is 4.86. The molecule has 0 saturated heterocycles. The van der Waals surface area contributed by atoms with Gasteiger partial charge in [-0.2, -0.15) is 148 Å². The Labute approximate surface area is 697 Å². The molecule has 0 atom stereocenters. The Morgan fingerprint density at radius 3 is 1.05 bits per heavy atom. The van der Waals surface area contributed by atoms with Gasteiger partial charge < -0.3 is 49.0 Å². The molecular weight excluding hydrogens is 2220 g/mol. The summed E-state index contributed by atoms with van der Waals surface area (Å²) in [6.45, 7) is 18.4. The van der Waals surface area contributed by atoms with Crippen molar-refractivity contribution in [3.63, 3.8) is 0 Å². The maximum Gasteiger partial charge on any atom is 0.125 e. The van der Waals surface area contributed by atoms with E-state index in [1.807, 2.05) is 184 Å². The van der Waals surface area contributed by atoms with Crippen molar-refractivity contribution >= 4 is 86.0 Å². The van der Waals surface area contributed by atoms with Crippen LogP contribution in [0.4, 0.5) is 86.0 Å². The van der Waals surface area contributed by atoms with Crippen LogP contribution in [0.3, 0.4) is 0 Å². The van der Waals surface area contributed by atoms with Crippen molar-refractivity contribution in [2.45, 2.75) is 27.7 Å². The minimum absolute atomic E-state index is 0. The molecule has 10 heterocycles. The normalized spacial score (nSPS) is 12.9. The zero-order chi connectivity index (χ0) is 70.2. The minimum atomic E-state index is 0. The van der Waals surface area contributed by atoms with Crippen molar-refractivity contribution in [2.75, 3.05) is 84.2 Å². The molecule has 20 heteroatoms. The van der Waals surface area contributed by atoms with Gasteiger partial charge in [-0.1, -0.05) is 105 Å². The summed E-state index contributed by atoms with van der Waals surface area (Å²) >= 11 is 0. The first kappa shape index (κ1) is 81.8. The smallest absolute Gasteiger partial charge is 0.125 e. The molecule has 0 N–H and O–H groups in total. The second-order valence-electron chi connectivity index (χ2n) is 25.2. The molecule has 8 aromatic carbocycles. The Morgan fingerprint density at radius 2 is 0.636 bits per heavy atom. The van der Waals surface area contributed by atoms with Gasteiger partial charge in [0.15, 0.2) is 0 Å². The third-order valence-electron chi connectivity index (χ3n) is 17.6. The van der Waals surface area contributed by atoms with Crippen LogP contribution in [0.25, 0.3) is 33.5 Å². The van der Waals surface area contributed by atoms with Gasteiger partial charge in [-0.3, -0.25) is 0 Å². The maximum absolute atomic E-state index is 4.86. The minimum Gasteiger partial charge on any atom is -0.502 e. The van der Waals surface area contributed by atoms with Gasteiger partial charge in [-0.25, -0.2) is 24.9 Å². The second-order valence-corrected chi connectivity index (χ2v) is 25.2. The Kier molecular flexibility index (Phi) is 28.7. The molecule has 0 amide bonds. The topological polar surface area (TPSA) is 96.8 Å². The predicted molar refractivity (Wildman–Crippen MR) is 417 cm³/mol. The summed E-state index contributed by atoms with van der Waals surface area (Å²) in [4.78, 5) is 43.7. The van der Waals surface area contributed by atoms with E-state index in [9.17, 15) is 0 Å². The summed E-state index contributed by atoms with van der Waals surface area (Å²) in [6, 6.07) is 96.6. The van der Waals surface area contributed by atoms with Crippen LogP contribution < -0.4 is 49.0 Å². The van der Waals surface area contributed by atoms with Gasteiger partial charge in [0.05, 0.1) is 5.69 Å². The fourth-order valence-electron chi connectivity index (χ4n) is 12.3. The van der Waals surface area contributed by atoms with Gasteiger partial charge in [-0.15, -0.1) is 63.8 Å². The molecule has 15 nitrogen and oxygen atoms in total. The van der Waals surface area contributed by atoms with Crippen molar-refractivity contribution in [3.05, 3.63) is 347 Å². The SMILES string of the molecule is CN1[CH-]N(c2[c-]ccc(-c3ccccc3)c2)c2ncccc21.CN1[CH-]N(c2[c-]ccc(-c3ccccc3)c2)c2ncccc21.CN1[CH-]N(c2[c-]cccc2)c2nc(-c3ccccc3)ccc21.Cc1c[c-]c(N2[CH-]N(C)c3cc(C)cnc32)cc1.Cc1c[c-]c(N2[CH-]N(C)c3cc(C)cnc32)cc1.[Ir].[Ir].[Ir].[Ir].[Ir]. The van der Waals surface area contributed by atoms with E-state index in [-0.39, 0.29) is 101 Å². The number of pyridine rings is 5. The quantitative estimate of drug-likeness (QED) is 0.135. The fraction of sp³-hybridized carbons (Fsp3) is 0.103. The van der Waals surface area contributed by atoms with Gasteiger partial charge in [0.25, 0.3) is 0 Å². The number of anilines is 15. The zero-order valence-electron chi connectivity index (χ0n) is 60.1. The first-order valence-electron chi connectivity index (χ1n) is 33.6. The Bertz CT molecular complexity index is 4770. The molecular formula is C87H75Ir5N15-10. The van der Waals surface area contributed by atoms with Crippen molar-refractivity contribution < 1.29 is 101 Å². The Balaban J connectivity index is 0.000000153. The van der Waals surface area contributed by atoms with Crippen molar-refractivity contribution in [3.8, 4) is 33.5 Å². The number of para-hydroxylation sites is 1. The molecule has 0 unspecified atom stereocenters. The average Bonchev–Trinajstić information content (AvgIpc) is 1.68. The van der Waals surface area contributed by atoms with E-state index >= 15 is 0 Å². The number of fused-ring (bicyclic) bond motifs is 5. The van der Waals surface area contributed by atoms with E-state index in [1.54, 1.807) is 0 Å². The number of aromatic nitrogens is 5. The molecule has 5 aliphatic heterocycles. The third-order valence-corrected chi connectivity index (χ3v) is 17.6. The van der Waals surface area contributed by atoms with Crippen LogP contribution in [0.5, 0.6) is 0 Å². The predicted octanol–water partition coefficient (Wildman–Crippen LogP) is 19.2. The van der Waals surface area contributed by atoms with Crippen LogP contribution >= 0.6 is 0 Å². The van der Waals surface area contributed by atoms with Crippen LogP contribution in [0.2, 0.25) is 0 Å². The molecule has 0 saturated carbocycles. The standard InChI is InChI=1S/3C19H15N3.2C15H15N3.5Ir/c1-21-14-22(16-10-6-3-7-11-16)19-18(21)13-12-17(20-19)15-8-4-2-5-9-15;2*1-21-14-22(19-18(21)11-6-12-20-19)17-10-5-9-16(13-17)15-7-3-2-4-8-15;2*1-11-4-6-13(7-5-11)18-10-17(3)14-8-12(2)9-16-15(14)18;;;;;/h2-10,12-14H,1H3;2*2-9,11-14H,1H3;2*4-6,8-10H,1-3H3;;;;;/q5*-2;;;;;. The number of rotatable bonds is 8. The van der Waals surface area contributed by atoms with Crippen LogP contribution in [0.1, 0.15) is 22.3 Å². The molecule has 0 bridgehead atoms. The first-order chi connectivity index (χ1) is 49.8. The Morgan fingerprint density at radius 1 is 0.271 bits per heavy atom. The Hall–Kier alpha value is -9.24. The first-order valence-corrected chi connectivity index (χ1v) is 33.6. The fourth-order valence-corrected chi connectivity index (χ4v) is 12.3. The summed E-state index contributed by atoms with van der Waals surface area (Å²) in [6.07, 6.45) is 7.43. The number of nitrogens with zero attached hydrogens (tertiary/aromatic N) is 15. The van der Waals surface area contributed by atoms with E-state index in [1.165, 1.54) is 44.5 Å². The van der Waals surface area contributed by atoms with Gasteiger partial charge in [0.1, 0.15) is 29.1 Å². The van der Waals surface area contributed by atoms with Gasteiger partial charge in [0, 0.05) is 159 Å². The molecule has 5 aliphatic rings. The number of hydrogen-bond acceptors (Lipinski definition) is 15. The van der Waals surface area contributed by atoms with Crippen molar-refractivity contribution in [2.24, 2.45) is 0 Å². The van der Waals surface area contributed by atoms with Gasteiger partial charge in [0.2, 0.25) is 0 Å². The third kappa shape index (κ3) is 18.7. The number of benzene rings is 8. The van der Waals surface area contributed by atoms with Crippen LogP contribution in [-0.4, -0.2) is 60.2 Å². The monoisotopic (exact) mass is 2290 g/mol. The number of hydrogen-bond donors (Lipinski definition) is 0. The molecule has 0 spiro atoms. The molecule has 5 radical (unpaired) electrons. The number of aryl methyl sites for hydroxylation is 4. The molecule has 18 rings (SSSR count). The van der Waals surface area contributed by atoms with E-state index in [4.69, 9.17) is 4.98 Å². The zero-order valence-corrected chi connectivity index (χ0v) is 72.1. The molecule has 13 aromatic rings. The molecule has 0 aliphatic carbocycles. The van der Waals surface area contributed by atoms with E-state index in [0.29, 0.717) is 0 Å². The van der Waals surface area contributed by atoms with Crippen molar-refractivity contribution in [1.82, 2.24) is 24.9 Å². The van der Waals surface area contributed by atoms with Crippen LogP contribution in [-0.2, 0) is 101 Å². The second kappa shape index (κ2) is 37.5. The molecule has 107 heavy (non-hydrogen) atoms. The van der Waals surface area contributed by atoms with Crippen molar-refractivity contribution in [1.29, 1.82) is 0 Å².